The van der Waals surface area contributed by atoms with Gasteiger partial charge in [-0.2, -0.15) is 15.5 Å². The summed E-state index contributed by atoms with van der Waals surface area (Å²) in [5.74, 6) is 1.19. The normalized spacial score (nSPS) is 19.7. The van der Waals surface area contributed by atoms with E-state index in [4.69, 9.17) is 0 Å². The van der Waals surface area contributed by atoms with E-state index in [-0.39, 0.29) is 11.8 Å². The van der Waals surface area contributed by atoms with Crippen molar-refractivity contribution in [3.8, 4) is 17.3 Å². The topological polar surface area (TPSA) is 98.1 Å². The van der Waals surface area contributed by atoms with Gasteiger partial charge in [0.25, 0.3) is 0 Å². The number of hydrogen-bond donors (Lipinski definition) is 1. The predicted molar refractivity (Wildman–Crippen MR) is 140 cm³/mol. The molecule has 1 saturated heterocycles. The molecule has 2 aromatic heterocycles. The predicted octanol–water partition coefficient (Wildman–Crippen LogP) is 4.79. The maximum absolute atomic E-state index is 12.5. The minimum absolute atomic E-state index is 0.0602. The summed E-state index contributed by atoms with van der Waals surface area (Å²) in [6.45, 7) is 2.80. The molecule has 3 aliphatic rings. The van der Waals surface area contributed by atoms with Crippen molar-refractivity contribution in [2.45, 2.75) is 64.0 Å². The first kappa shape index (κ1) is 22.5. The SMILES string of the molecule is CCC(=O)[C@@H]1CCCN1C1=NN=C(c2ccc(-c3ccc4cc(C#N)cnn34)cc2NC2CCC2)C1. The summed E-state index contributed by atoms with van der Waals surface area (Å²) in [6.07, 6.45) is 8.29. The van der Waals surface area contributed by atoms with Crippen LogP contribution in [0.15, 0.2) is 52.8 Å². The number of nitrogens with zero attached hydrogens (tertiary/aromatic N) is 6. The van der Waals surface area contributed by atoms with Crippen molar-refractivity contribution in [2.24, 2.45) is 10.2 Å². The van der Waals surface area contributed by atoms with Crippen LogP contribution in [0.5, 0.6) is 0 Å². The van der Waals surface area contributed by atoms with Crippen molar-refractivity contribution >= 4 is 28.5 Å². The van der Waals surface area contributed by atoms with Gasteiger partial charge in [0.05, 0.1) is 41.1 Å². The van der Waals surface area contributed by atoms with Crippen molar-refractivity contribution in [2.75, 3.05) is 11.9 Å². The number of ketones is 1. The fourth-order valence-electron chi connectivity index (χ4n) is 5.42. The molecular weight excluding hydrogens is 450 g/mol. The smallest absolute Gasteiger partial charge is 0.154 e. The van der Waals surface area contributed by atoms with E-state index in [0.29, 0.717) is 24.4 Å². The number of carbonyl (C=O) groups is 1. The van der Waals surface area contributed by atoms with Crippen molar-refractivity contribution in [3.05, 3.63) is 53.7 Å². The van der Waals surface area contributed by atoms with E-state index in [1.165, 1.54) is 19.3 Å². The Hall–Kier alpha value is -3.99. The number of benzene rings is 1. The molecular formula is C28H29N7O. The standard InChI is InChI=1S/C28H29N7O/c1-2-27(36)26-7-4-12-34(26)28-15-24(32-33-28)22-10-8-19(14-23(22)31-20-5-3-6-20)25-11-9-21-13-18(16-29)17-30-35(21)25/h8-11,13-14,17,20,26,31H,2-7,12,15H2,1H3/t26-/m0/s1. The van der Waals surface area contributed by atoms with Gasteiger partial charge >= 0.3 is 0 Å². The Morgan fingerprint density at radius 3 is 2.81 bits per heavy atom. The number of anilines is 1. The van der Waals surface area contributed by atoms with Gasteiger partial charge in [-0.3, -0.25) is 4.79 Å². The number of rotatable bonds is 6. The number of carbonyl (C=O) groups excluding carboxylic acids is 1. The number of Topliss-reactive ketones (excluding diaryl/α,β-unsaturated/α-hetero) is 1. The maximum Gasteiger partial charge on any atom is 0.154 e. The first-order chi connectivity index (χ1) is 17.6. The van der Waals surface area contributed by atoms with E-state index in [2.05, 4.69) is 49.8 Å². The average molecular weight is 480 g/mol. The zero-order chi connectivity index (χ0) is 24.6. The van der Waals surface area contributed by atoms with E-state index in [1.807, 2.05) is 29.6 Å². The highest BCUT2D eigenvalue weighted by molar-refractivity contribution is 6.17. The summed E-state index contributed by atoms with van der Waals surface area (Å²) in [4.78, 5) is 14.6. The summed E-state index contributed by atoms with van der Waals surface area (Å²) in [7, 11) is 0. The van der Waals surface area contributed by atoms with Crippen LogP contribution < -0.4 is 5.32 Å². The maximum atomic E-state index is 12.5. The van der Waals surface area contributed by atoms with Crippen LogP contribution in [0.3, 0.4) is 0 Å². The number of nitrogens with one attached hydrogen (secondary N) is 1. The van der Waals surface area contributed by atoms with Gasteiger partial charge in [0.1, 0.15) is 11.9 Å². The van der Waals surface area contributed by atoms with Gasteiger partial charge in [0.2, 0.25) is 0 Å². The van der Waals surface area contributed by atoms with Crippen LogP contribution in [0.2, 0.25) is 0 Å². The van der Waals surface area contributed by atoms with Crippen LogP contribution in [0.1, 0.15) is 63.0 Å². The van der Waals surface area contributed by atoms with Crippen LogP contribution in [0.4, 0.5) is 5.69 Å². The van der Waals surface area contributed by atoms with Gasteiger partial charge in [0, 0.05) is 35.8 Å². The Balaban J connectivity index is 1.30. The molecule has 0 amide bonds. The van der Waals surface area contributed by atoms with E-state index in [9.17, 15) is 10.1 Å². The lowest BCUT2D eigenvalue weighted by molar-refractivity contribution is -0.121. The van der Waals surface area contributed by atoms with Gasteiger partial charge in [-0.1, -0.05) is 19.1 Å². The zero-order valence-electron chi connectivity index (χ0n) is 20.4. The molecule has 8 nitrogen and oxygen atoms in total. The molecule has 0 bridgehead atoms. The lowest BCUT2D eigenvalue weighted by atomic mass is 9.92. The van der Waals surface area contributed by atoms with Gasteiger partial charge in [0.15, 0.2) is 5.78 Å². The van der Waals surface area contributed by atoms with Gasteiger partial charge < -0.3 is 10.2 Å². The number of hydrogen-bond acceptors (Lipinski definition) is 7. The third kappa shape index (κ3) is 3.95. The monoisotopic (exact) mass is 479 g/mol. The second-order valence-corrected chi connectivity index (χ2v) is 9.85. The third-order valence-electron chi connectivity index (χ3n) is 7.64. The molecule has 0 spiro atoms. The minimum atomic E-state index is -0.0602. The van der Waals surface area contributed by atoms with E-state index in [1.54, 1.807) is 6.20 Å². The lowest BCUT2D eigenvalue weighted by Crippen LogP contribution is -2.40. The van der Waals surface area contributed by atoms with E-state index < -0.39 is 0 Å². The Morgan fingerprint density at radius 1 is 1.14 bits per heavy atom. The molecule has 0 unspecified atom stereocenters. The molecule has 8 heteroatoms. The fraction of sp³-hybridized carbons (Fsp3) is 0.393. The molecule has 2 fully saturated rings. The molecule has 1 N–H and O–H groups in total. The van der Waals surface area contributed by atoms with Crippen LogP contribution in [0.25, 0.3) is 16.8 Å². The molecule has 1 aliphatic carbocycles. The summed E-state index contributed by atoms with van der Waals surface area (Å²) in [6, 6.07) is 14.8. The molecule has 1 atom stereocenters. The summed E-state index contributed by atoms with van der Waals surface area (Å²) < 4.78 is 1.87. The van der Waals surface area contributed by atoms with Crippen molar-refractivity contribution in [1.29, 1.82) is 5.26 Å². The summed E-state index contributed by atoms with van der Waals surface area (Å²) in [5, 5.41) is 26.6. The molecule has 4 heterocycles. The van der Waals surface area contributed by atoms with Crippen LogP contribution in [-0.2, 0) is 4.79 Å². The third-order valence-corrected chi connectivity index (χ3v) is 7.64. The van der Waals surface area contributed by atoms with Gasteiger partial charge in [-0.15, -0.1) is 5.10 Å². The van der Waals surface area contributed by atoms with Crippen molar-refractivity contribution in [3.63, 3.8) is 0 Å². The van der Waals surface area contributed by atoms with Crippen LogP contribution >= 0.6 is 0 Å². The molecule has 0 radical (unpaired) electrons. The number of fused-ring (bicyclic) bond motifs is 1. The Labute approximate surface area is 210 Å². The summed E-state index contributed by atoms with van der Waals surface area (Å²) in [5.41, 5.74) is 6.50. The van der Waals surface area contributed by atoms with Crippen molar-refractivity contribution in [1.82, 2.24) is 14.5 Å². The second kappa shape index (κ2) is 9.23. The largest absolute Gasteiger partial charge is 0.382 e. The molecule has 1 aromatic carbocycles. The Kier molecular flexibility index (Phi) is 5.76. The number of aromatic nitrogens is 2. The number of likely N-dealkylation sites (tertiary alicyclic amines) is 1. The number of nitriles is 1. The minimum Gasteiger partial charge on any atom is -0.382 e. The highest BCUT2D eigenvalue weighted by atomic mass is 16.1. The fourth-order valence-corrected chi connectivity index (χ4v) is 5.42. The summed E-state index contributed by atoms with van der Waals surface area (Å²) >= 11 is 0. The first-order valence-electron chi connectivity index (χ1n) is 12.9. The second-order valence-electron chi connectivity index (χ2n) is 9.85. The van der Waals surface area contributed by atoms with Gasteiger partial charge in [-0.25, -0.2) is 4.52 Å². The molecule has 3 aromatic rings. The molecule has 6 rings (SSSR count). The lowest BCUT2D eigenvalue weighted by Gasteiger charge is -2.29. The quantitative estimate of drug-likeness (QED) is 0.548. The molecule has 1 saturated carbocycles. The highest BCUT2D eigenvalue weighted by Crippen LogP contribution is 2.33. The number of amidine groups is 1. The van der Waals surface area contributed by atoms with Crippen LogP contribution in [0, 0.1) is 11.3 Å². The van der Waals surface area contributed by atoms with Gasteiger partial charge in [-0.05, 0) is 56.4 Å². The van der Waals surface area contributed by atoms with E-state index >= 15 is 0 Å². The Bertz CT molecular complexity index is 1440. The molecule has 182 valence electrons. The Morgan fingerprint density at radius 2 is 2.03 bits per heavy atom. The van der Waals surface area contributed by atoms with Crippen LogP contribution in [-0.4, -0.2) is 50.5 Å². The van der Waals surface area contributed by atoms with Crippen molar-refractivity contribution < 1.29 is 4.79 Å². The van der Waals surface area contributed by atoms with E-state index in [0.717, 1.165) is 59.0 Å². The molecule has 2 aliphatic heterocycles. The molecule has 36 heavy (non-hydrogen) atoms. The highest BCUT2D eigenvalue weighted by Gasteiger charge is 2.34. The first-order valence-corrected chi connectivity index (χ1v) is 12.9. The zero-order valence-corrected chi connectivity index (χ0v) is 20.4. The average Bonchev–Trinajstić information content (AvgIpc) is 3.64.